The number of hydrogen-bond acceptors (Lipinski definition) is 4. The molecule has 10 heteroatoms. The highest BCUT2D eigenvalue weighted by Crippen LogP contribution is 2.48. The van der Waals surface area contributed by atoms with Crippen LogP contribution < -0.4 is 5.32 Å². The van der Waals surface area contributed by atoms with Crippen molar-refractivity contribution < 1.29 is 17.7 Å². The van der Waals surface area contributed by atoms with Crippen molar-refractivity contribution in [3.63, 3.8) is 0 Å². The molecular formula is C21H27F3IN5O. The molecule has 1 aliphatic carbocycles. The number of nitrogens with one attached hydrogen (secondary N) is 1. The molecule has 1 aromatic heterocycles. The van der Waals surface area contributed by atoms with Crippen LogP contribution in [0.15, 0.2) is 46.1 Å². The van der Waals surface area contributed by atoms with Gasteiger partial charge in [-0.2, -0.15) is 13.2 Å². The van der Waals surface area contributed by atoms with E-state index < -0.39 is 11.7 Å². The first-order chi connectivity index (χ1) is 14.4. The van der Waals surface area contributed by atoms with Crippen molar-refractivity contribution in [3.8, 4) is 0 Å². The fraction of sp³-hybridized carbons (Fsp3) is 0.524. The number of aromatic nitrogens is 1. The molecule has 1 saturated heterocycles. The Hall–Kier alpha value is -1.82. The summed E-state index contributed by atoms with van der Waals surface area (Å²) >= 11 is 0. The number of guanidine groups is 1. The molecule has 1 saturated carbocycles. The topological polar surface area (TPSA) is 56.9 Å². The van der Waals surface area contributed by atoms with Crippen LogP contribution in [0.2, 0.25) is 0 Å². The van der Waals surface area contributed by atoms with Crippen LogP contribution in [-0.2, 0) is 18.1 Å². The Morgan fingerprint density at radius 3 is 2.52 bits per heavy atom. The van der Waals surface area contributed by atoms with Gasteiger partial charge in [0, 0.05) is 57.8 Å². The predicted octanol–water partition coefficient (Wildman–Crippen LogP) is 3.74. The van der Waals surface area contributed by atoms with E-state index in [2.05, 4.69) is 25.3 Å². The Morgan fingerprint density at radius 1 is 1.19 bits per heavy atom. The minimum absolute atomic E-state index is 0. The summed E-state index contributed by atoms with van der Waals surface area (Å²) in [6, 6.07) is 7.59. The van der Waals surface area contributed by atoms with E-state index in [1.807, 2.05) is 6.07 Å². The minimum Gasteiger partial charge on any atom is -0.364 e. The zero-order valence-corrected chi connectivity index (χ0v) is 19.7. The van der Waals surface area contributed by atoms with E-state index in [-0.39, 0.29) is 29.4 Å². The largest absolute Gasteiger partial charge is 0.416 e. The normalized spacial score (nSPS) is 19.1. The Kier molecular flexibility index (Phi) is 7.51. The molecule has 2 aliphatic rings. The smallest absolute Gasteiger partial charge is 0.364 e. The Labute approximate surface area is 196 Å². The summed E-state index contributed by atoms with van der Waals surface area (Å²) in [6.45, 7) is 4.76. The maximum atomic E-state index is 13.1. The van der Waals surface area contributed by atoms with E-state index in [0.29, 0.717) is 6.54 Å². The summed E-state index contributed by atoms with van der Waals surface area (Å²) in [4.78, 5) is 8.91. The molecular weight excluding hydrogens is 522 g/mol. The molecule has 0 amide bonds. The van der Waals surface area contributed by atoms with Crippen LogP contribution >= 0.6 is 24.0 Å². The van der Waals surface area contributed by atoms with E-state index in [4.69, 9.17) is 4.52 Å². The summed E-state index contributed by atoms with van der Waals surface area (Å²) in [6.07, 6.45) is -0.982. The van der Waals surface area contributed by atoms with E-state index in [9.17, 15) is 13.2 Å². The molecule has 0 atom stereocenters. The van der Waals surface area contributed by atoms with Crippen molar-refractivity contribution in [1.82, 2.24) is 20.3 Å². The van der Waals surface area contributed by atoms with Crippen molar-refractivity contribution in [1.29, 1.82) is 0 Å². The van der Waals surface area contributed by atoms with Gasteiger partial charge in [0.05, 0.1) is 11.3 Å². The van der Waals surface area contributed by atoms with E-state index >= 15 is 0 Å². The Bertz CT molecular complexity index is 875. The Balaban J connectivity index is 0.00000272. The van der Waals surface area contributed by atoms with Gasteiger partial charge in [0.2, 0.25) is 0 Å². The van der Waals surface area contributed by atoms with Gasteiger partial charge in [0.25, 0.3) is 0 Å². The van der Waals surface area contributed by atoms with Crippen LogP contribution in [0.3, 0.4) is 0 Å². The monoisotopic (exact) mass is 549 g/mol. The Morgan fingerprint density at radius 2 is 1.94 bits per heavy atom. The number of alkyl halides is 3. The second kappa shape index (κ2) is 9.76. The summed E-state index contributed by atoms with van der Waals surface area (Å²) in [5.41, 5.74) is 0.839. The third-order valence-electron chi connectivity index (χ3n) is 6.00. The maximum Gasteiger partial charge on any atom is 0.416 e. The summed E-state index contributed by atoms with van der Waals surface area (Å²) in [7, 11) is 1.74. The fourth-order valence-electron chi connectivity index (χ4n) is 3.99. The van der Waals surface area contributed by atoms with Crippen molar-refractivity contribution in [2.45, 2.75) is 31.0 Å². The number of benzene rings is 1. The van der Waals surface area contributed by atoms with E-state index in [1.54, 1.807) is 19.4 Å². The van der Waals surface area contributed by atoms with Crippen LogP contribution in [0.4, 0.5) is 13.2 Å². The summed E-state index contributed by atoms with van der Waals surface area (Å²) in [5.74, 6) is 0.800. The van der Waals surface area contributed by atoms with Crippen LogP contribution in [-0.4, -0.2) is 60.7 Å². The van der Waals surface area contributed by atoms with Gasteiger partial charge in [0.15, 0.2) is 5.96 Å². The SMILES string of the molecule is CN=C(NCC1(c2cccc(C(F)(F)F)c2)CC1)N1CCN(Cc2ccon2)CC1.I. The molecule has 4 rings (SSSR count). The van der Waals surface area contributed by atoms with Gasteiger partial charge in [-0.1, -0.05) is 23.4 Å². The zero-order chi connectivity index (χ0) is 21.2. The number of hydrogen-bond donors (Lipinski definition) is 1. The number of halogens is 4. The van der Waals surface area contributed by atoms with Crippen LogP contribution in [0, 0.1) is 0 Å². The standard InChI is InChI=1S/C21H26F3N5O.HI/c1-25-19(29-10-8-28(9-11-29)14-18-5-12-30-27-18)26-15-20(6-7-20)16-3-2-4-17(13-16)21(22,23)24;/h2-5,12-13H,6-11,14-15H2,1H3,(H,25,26);1H. The fourth-order valence-corrected chi connectivity index (χ4v) is 3.99. The van der Waals surface area contributed by atoms with Gasteiger partial charge >= 0.3 is 6.18 Å². The number of aliphatic imine (C=N–C) groups is 1. The van der Waals surface area contributed by atoms with Crippen molar-refractivity contribution in [2.24, 2.45) is 4.99 Å². The number of rotatable bonds is 5. The lowest BCUT2D eigenvalue weighted by Crippen LogP contribution is -2.53. The lowest BCUT2D eigenvalue weighted by atomic mass is 9.94. The number of nitrogens with zero attached hydrogens (tertiary/aromatic N) is 4. The molecule has 1 N–H and O–H groups in total. The molecule has 0 radical (unpaired) electrons. The zero-order valence-electron chi connectivity index (χ0n) is 17.4. The highest BCUT2D eigenvalue weighted by Gasteiger charge is 2.45. The first-order valence-corrected chi connectivity index (χ1v) is 10.1. The van der Waals surface area contributed by atoms with E-state index in [1.165, 1.54) is 12.1 Å². The lowest BCUT2D eigenvalue weighted by molar-refractivity contribution is -0.137. The van der Waals surface area contributed by atoms with E-state index in [0.717, 1.165) is 68.8 Å². The maximum absolute atomic E-state index is 13.1. The van der Waals surface area contributed by atoms with Gasteiger partial charge < -0.3 is 14.7 Å². The highest BCUT2D eigenvalue weighted by molar-refractivity contribution is 14.0. The average molecular weight is 549 g/mol. The molecule has 31 heavy (non-hydrogen) atoms. The van der Waals surface area contributed by atoms with Crippen molar-refractivity contribution in [3.05, 3.63) is 53.4 Å². The third-order valence-corrected chi connectivity index (χ3v) is 6.00. The highest BCUT2D eigenvalue weighted by atomic mass is 127. The second-order valence-electron chi connectivity index (χ2n) is 8.01. The van der Waals surface area contributed by atoms with Gasteiger partial charge in [-0.15, -0.1) is 24.0 Å². The molecule has 2 aromatic rings. The molecule has 0 bridgehead atoms. The second-order valence-corrected chi connectivity index (χ2v) is 8.01. The predicted molar refractivity (Wildman–Crippen MR) is 122 cm³/mol. The number of piperazine rings is 1. The van der Waals surface area contributed by atoms with Crippen molar-refractivity contribution in [2.75, 3.05) is 39.8 Å². The van der Waals surface area contributed by atoms with Gasteiger partial charge in [-0.05, 0) is 24.5 Å². The first-order valence-electron chi connectivity index (χ1n) is 10.1. The molecule has 0 unspecified atom stereocenters. The third kappa shape index (κ3) is 5.71. The molecule has 6 nitrogen and oxygen atoms in total. The molecule has 1 aromatic carbocycles. The molecule has 170 valence electrons. The quantitative estimate of drug-likeness (QED) is 0.350. The van der Waals surface area contributed by atoms with Crippen LogP contribution in [0.5, 0.6) is 0 Å². The van der Waals surface area contributed by atoms with Crippen LogP contribution in [0.25, 0.3) is 0 Å². The first kappa shape index (κ1) is 23.8. The molecule has 1 aliphatic heterocycles. The van der Waals surface area contributed by atoms with Crippen LogP contribution in [0.1, 0.15) is 29.7 Å². The van der Waals surface area contributed by atoms with Gasteiger partial charge in [-0.25, -0.2) is 0 Å². The lowest BCUT2D eigenvalue weighted by Gasteiger charge is -2.36. The molecule has 2 heterocycles. The molecule has 0 spiro atoms. The minimum atomic E-state index is -4.32. The van der Waals surface area contributed by atoms with Gasteiger partial charge in [0.1, 0.15) is 6.26 Å². The summed E-state index contributed by atoms with van der Waals surface area (Å²) in [5, 5.41) is 7.37. The average Bonchev–Trinajstić information content (AvgIpc) is 3.36. The van der Waals surface area contributed by atoms with Crippen molar-refractivity contribution >= 4 is 29.9 Å². The molecule has 2 fully saturated rings. The summed E-state index contributed by atoms with van der Waals surface area (Å²) < 4.78 is 44.1. The van der Waals surface area contributed by atoms with Gasteiger partial charge in [-0.3, -0.25) is 9.89 Å².